The van der Waals surface area contributed by atoms with Gasteiger partial charge in [0.25, 0.3) is 0 Å². The van der Waals surface area contributed by atoms with Crippen molar-refractivity contribution in [1.82, 2.24) is 0 Å². The Morgan fingerprint density at radius 3 is 1.61 bits per heavy atom. The molecular formula is C42H38O4. The normalized spacial score (nSPS) is 20.3. The van der Waals surface area contributed by atoms with Crippen LogP contribution in [-0.4, -0.2) is 38.6 Å². The average molecular weight is 607 g/mol. The van der Waals surface area contributed by atoms with Gasteiger partial charge in [-0.25, -0.2) is 0 Å². The van der Waals surface area contributed by atoms with Crippen molar-refractivity contribution < 1.29 is 18.9 Å². The molecule has 46 heavy (non-hydrogen) atoms. The fourth-order valence-corrected chi connectivity index (χ4v) is 6.63. The summed E-state index contributed by atoms with van der Waals surface area (Å²) in [4.78, 5) is 0. The highest BCUT2D eigenvalue weighted by Crippen LogP contribution is 2.47. The summed E-state index contributed by atoms with van der Waals surface area (Å²) >= 11 is 0. The summed E-state index contributed by atoms with van der Waals surface area (Å²) in [6, 6.07) is 45.6. The minimum absolute atomic E-state index is 0.209. The van der Waals surface area contributed by atoms with Crippen LogP contribution in [0.4, 0.5) is 0 Å². The second-order valence-corrected chi connectivity index (χ2v) is 12.5. The van der Waals surface area contributed by atoms with E-state index in [1.165, 1.54) is 33.4 Å². The molecule has 3 unspecified atom stereocenters. The van der Waals surface area contributed by atoms with Crippen LogP contribution >= 0.6 is 0 Å². The summed E-state index contributed by atoms with van der Waals surface area (Å²) in [5.41, 5.74) is 11.4. The lowest BCUT2D eigenvalue weighted by molar-refractivity contribution is 0.264. The molecule has 2 fully saturated rings. The molecular weight excluding hydrogens is 568 g/mol. The van der Waals surface area contributed by atoms with Crippen LogP contribution in [0.3, 0.4) is 0 Å². The van der Waals surface area contributed by atoms with Crippen LogP contribution in [0.15, 0.2) is 127 Å². The first-order valence-corrected chi connectivity index (χ1v) is 16.4. The minimum Gasteiger partial charge on any atom is -0.490 e. The molecule has 4 heteroatoms. The molecule has 0 radical (unpaired) electrons. The van der Waals surface area contributed by atoms with Gasteiger partial charge in [0, 0.05) is 11.1 Å². The maximum Gasteiger partial charge on any atom is 0.127 e. The summed E-state index contributed by atoms with van der Waals surface area (Å²) in [5.74, 6) is 2.23. The standard InChI is InChI=1S/C42H38O4/c1-4-10-29(11-5-1)38-22-32(33-17-20-41(45-27-35-25-43-35)39(23-33)30-12-6-2-7-13-30)16-19-37(38)34-18-21-42(46-28-36-26-44-36)40(24-34)31-14-8-3-9-15-31/h1-15,17-18,20-21,23-24,32,35-36H,16,19,22,25-28H2. The highest BCUT2D eigenvalue weighted by molar-refractivity contribution is 5.93. The maximum absolute atomic E-state index is 6.28. The van der Waals surface area contributed by atoms with Crippen molar-refractivity contribution in [2.75, 3.05) is 26.4 Å². The number of allylic oxidation sites excluding steroid dienone is 2. The molecule has 0 bridgehead atoms. The number of benzene rings is 5. The van der Waals surface area contributed by atoms with E-state index in [4.69, 9.17) is 18.9 Å². The molecule has 2 saturated heterocycles. The lowest BCUT2D eigenvalue weighted by Crippen LogP contribution is -2.10. The number of ether oxygens (including phenoxy) is 4. The van der Waals surface area contributed by atoms with Gasteiger partial charge in [-0.2, -0.15) is 0 Å². The lowest BCUT2D eigenvalue weighted by Gasteiger charge is -2.29. The monoisotopic (exact) mass is 606 g/mol. The molecule has 4 nitrogen and oxygen atoms in total. The highest BCUT2D eigenvalue weighted by Gasteiger charge is 2.28. The molecule has 5 aromatic rings. The molecule has 1 aliphatic carbocycles. The fourth-order valence-electron chi connectivity index (χ4n) is 6.63. The highest BCUT2D eigenvalue weighted by atomic mass is 16.6. The van der Waals surface area contributed by atoms with Gasteiger partial charge < -0.3 is 18.9 Å². The first-order chi connectivity index (χ1) is 22.8. The van der Waals surface area contributed by atoms with Gasteiger partial charge in [0.05, 0.1) is 13.2 Å². The summed E-state index contributed by atoms with van der Waals surface area (Å²) in [6.07, 6.45) is 3.47. The molecule has 230 valence electrons. The third-order valence-electron chi connectivity index (χ3n) is 9.31. The first-order valence-electron chi connectivity index (χ1n) is 16.4. The van der Waals surface area contributed by atoms with Gasteiger partial charge in [-0.1, -0.05) is 103 Å². The molecule has 8 rings (SSSR count). The largest absolute Gasteiger partial charge is 0.490 e. The maximum atomic E-state index is 6.28. The molecule has 3 aliphatic rings. The second kappa shape index (κ2) is 13.0. The predicted octanol–water partition coefficient (Wildman–Crippen LogP) is 9.45. The van der Waals surface area contributed by atoms with Crippen molar-refractivity contribution in [3.8, 4) is 33.8 Å². The van der Waals surface area contributed by atoms with Crippen LogP contribution in [0.25, 0.3) is 33.4 Å². The van der Waals surface area contributed by atoms with Gasteiger partial charge in [-0.05, 0) is 88.4 Å². The Kier molecular flexibility index (Phi) is 8.14. The molecule has 2 aliphatic heterocycles. The van der Waals surface area contributed by atoms with E-state index in [0.29, 0.717) is 19.1 Å². The number of hydrogen-bond donors (Lipinski definition) is 0. The molecule has 0 aromatic heterocycles. The van der Waals surface area contributed by atoms with Crippen LogP contribution in [0.5, 0.6) is 11.5 Å². The number of rotatable bonds is 11. The van der Waals surface area contributed by atoms with E-state index in [-0.39, 0.29) is 12.2 Å². The first kappa shape index (κ1) is 28.8. The molecule has 0 amide bonds. The van der Waals surface area contributed by atoms with E-state index in [9.17, 15) is 0 Å². The topological polar surface area (TPSA) is 43.5 Å². The minimum atomic E-state index is 0.209. The van der Waals surface area contributed by atoms with Crippen molar-refractivity contribution >= 4 is 11.1 Å². The molecule has 5 aromatic carbocycles. The van der Waals surface area contributed by atoms with Crippen LogP contribution in [0, 0.1) is 0 Å². The smallest absolute Gasteiger partial charge is 0.127 e. The van der Waals surface area contributed by atoms with E-state index in [1.54, 1.807) is 0 Å². The summed E-state index contributed by atoms with van der Waals surface area (Å²) < 4.78 is 23.4. The average Bonchev–Trinajstić information content (AvgIpc) is 4.07. The van der Waals surface area contributed by atoms with E-state index < -0.39 is 0 Å². The molecule has 2 heterocycles. The quantitative estimate of drug-likeness (QED) is 0.141. The van der Waals surface area contributed by atoms with Gasteiger partial charge in [-0.15, -0.1) is 0 Å². The molecule has 3 atom stereocenters. The van der Waals surface area contributed by atoms with Gasteiger partial charge in [-0.3, -0.25) is 0 Å². The van der Waals surface area contributed by atoms with Gasteiger partial charge >= 0.3 is 0 Å². The van der Waals surface area contributed by atoms with E-state index in [0.717, 1.165) is 60.7 Å². The number of hydrogen-bond acceptors (Lipinski definition) is 4. The van der Waals surface area contributed by atoms with Gasteiger partial charge in [0.15, 0.2) is 0 Å². The van der Waals surface area contributed by atoms with Crippen molar-refractivity contribution in [2.24, 2.45) is 0 Å². The van der Waals surface area contributed by atoms with Crippen molar-refractivity contribution in [3.63, 3.8) is 0 Å². The Bertz CT molecular complexity index is 1820. The van der Waals surface area contributed by atoms with E-state index in [1.807, 2.05) is 0 Å². The Morgan fingerprint density at radius 2 is 1.04 bits per heavy atom. The Labute approximate surface area is 271 Å². The van der Waals surface area contributed by atoms with Crippen molar-refractivity contribution in [3.05, 3.63) is 144 Å². The zero-order chi connectivity index (χ0) is 30.7. The molecule has 0 N–H and O–H groups in total. The van der Waals surface area contributed by atoms with E-state index >= 15 is 0 Å². The van der Waals surface area contributed by atoms with Crippen molar-refractivity contribution in [1.29, 1.82) is 0 Å². The summed E-state index contributed by atoms with van der Waals surface area (Å²) in [5, 5.41) is 0. The van der Waals surface area contributed by atoms with Crippen LogP contribution in [-0.2, 0) is 9.47 Å². The fraction of sp³-hybridized carbons (Fsp3) is 0.238. The van der Waals surface area contributed by atoms with Crippen LogP contribution in [0.2, 0.25) is 0 Å². The van der Waals surface area contributed by atoms with Crippen LogP contribution in [0.1, 0.15) is 41.9 Å². The molecule has 0 spiro atoms. The van der Waals surface area contributed by atoms with Gasteiger partial charge in [0.2, 0.25) is 0 Å². The lowest BCUT2D eigenvalue weighted by atomic mass is 9.75. The Hall–Kier alpha value is -4.64. The predicted molar refractivity (Wildman–Crippen MR) is 184 cm³/mol. The third-order valence-corrected chi connectivity index (χ3v) is 9.31. The summed E-state index contributed by atoms with van der Waals surface area (Å²) in [6.45, 7) is 2.75. The van der Waals surface area contributed by atoms with Crippen molar-refractivity contribution in [2.45, 2.75) is 37.4 Å². The zero-order valence-electron chi connectivity index (χ0n) is 25.9. The Morgan fingerprint density at radius 1 is 0.522 bits per heavy atom. The van der Waals surface area contributed by atoms with Crippen LogP contribution < -0.4 is 9.47 Å². The van der Waals surface area contributed by atoms with E-state index in [2.05, 4.69) is 127 Å². The van der Waals surface area contributed by atoms with Gasteiger partial charge in [0.1, 0.15) is 36.9 Å². The SMILES string of the molecule is c1ccc(C2=C(c3ccc(OCC4CO4)c(-c4ccccc4)c3)CCC(c3ccc(OCC4CO4)c(-c4ccccc4)c3)C2)cc1. The molecule has 0 saturated carbocycles. The second-order valence-electron chi connectivity index (χ2n) is 12.5. The summed E-state index contributed by atoms with van der Waals surface area (Å²) in [7, 11) is 0. The number of epoxide rings is 2. The third kappa shape index (κ3) is 6.50. The zero-order valence-corrected chi connectivity index (χ0v) is 25.9. The Balaban J connectivity index is 1.16.